The third kappa shape index (κ3) is 2.53. The molecule has 20 heavy (non-hydrogen) atoms. The lowest BCUT2D eigenvalue weighted by molar-refractivity contribution is 0.186. The quantitative estimate of drug-likeness (QED) is 0.851. The van der Waals surface area contributed by atoms with Crippen LogP contribution in [0.25, 0.3) is 0 Å². The smallest absolute Gasteiger partial charge is 0.244 e. The number of fused-ring (bicyclic) bond motifs is 1. The second-order valence-electron chi connectivity index (χ2n) is 5.53. The number of aromatic nitrogens is 1. The Labute approximate surface area is 119 Å². The van der Waals surface area contributed by atoms with E-state index in [1.165, 1.54) is 31.3 Å². The summed E-state index contributed by atoms with van der Waals surface area (Å²) in [6, 6.07) is 1.83. The molecule has 0 saturated carbocycles. The molecule has 0 radical (unpaired) electrons. The van der Waals surface area contributed by atoms with Crippen LogP contribution in [0.2, 0.25) is 0 Å². The second-order valence-corrected chi connectivity index (χ2v) is 7.21. The summed E-state index contributed by atoms with van der Waals surface area (Å²) in [6.45, 7) is 2.05. The van der Waals surface area contributed by atoms with Gasteiger partial charge in [0.15, 0.2) is 0 Å². The number of nitrogens with zero attached hydrogens (tertiary/aromatic N) is 2. The summed E-state index contributed by atoms with van der Waals surface area (Å²) in [6.07, 6.45) is 7.12. The van der Waals surface area contributed by atoms with Gasteiger partial charge < -0.3 is 5.73 Å². The van der Waals surface area contributed by atoms with Crippen molar-refractivity contribution >= 4 is 15.7 Å². The van der Waals surface area contributed by atoms with Gasteiger partial charge >= 0.3 is 0 Å². The number of pyridine rings is 1. The molecule has 0 bridgehead atoms. The van der Waals surface area contributed by atoms with Gasteiger partial charge in [0.2, 0.25) is 10.0 Å². The predicted molar refractivity (Wildman–Crippen MR) is 76.6 cm³/mol. The van der Waals surface area contributed by atoms with Crippen molar-refractivity contribution in [2.45, 2.75) is 42.7 Å². The van der Waals surface area contributed by atoms with Gasteiger partial charge in [-0.15, -0.1) is 0 Å². The molecule has 110 valence electrons. The third-order valence-electron chi connectivity index (χ3n) is 4.27. The minimum absolute atomic E-state index is 0.0140. The topological polar surface area (TPSA) is 88.3 Å². The highest BCUT2D eigenvalue weighted by molar-refractivity contribution is 7.89. The van der Waals surface area contributed by atoms with Crippen LogP contribution < -0.4 is 10.5 Å². The van der Waals surface area contributed by atoms with Crippen LogP contribution in [0, 0.1) is 0 Å². The Balaban J connectivity index is 1.79. The molecule has 0 aromatic carbocycles. The summed E-state index contributed by atoms with van der Waals surface area (Å²) in [7, 11) is -3.59. The number of nitrogen functional groups attached to an aromatic ring is 1. The maximum atomic E-state index is 12.4. The lowest BCUT2D eigenvalue weighted by Crippen LogP contribution is -2.46. The molecule has 3 rings (SSSR count). The first kappa shape index (κ1) is 13.8. The molecule has 2 saturated heterocycles. The van der Waals surface area contributed by atoms with Crippen LogP contribution in [0.4, 0.5) is 5.69 Å². The minimum atomic E-state index is -3.59. The second kappa shape index (κ2) is 5.31. The molecule has 2 aliphatic rings. The maximum Gasteiger partial charge on any atom is 0.244 e. The molecular formula is C13H20N4O2S. The van der Waals surface area contributed by atoms with Crippen molar-refractivity contribution in [2.24, 2.45) is 0 Å². The molecule has 1 aromatic heterocycles. The zero-order valence-corrected chi connectivity index (χ0v) is 12.1. The van der Waals surface area contributed by atoms with Crippen molar-refractivity contribution in [1.82, 2.24) is 14.6 Å². The largest absolute Gasteiger partial charge is 0.398 e. The lowest BCUT2D eigenvalue weighted by Gasteiger charge is -2.32. The Morgan fingerprint density at radius 1 is 1.30 bits per heavy atom. The van der Waals surface area contributed by atoms with Gasteiger partial charge in [-0.1, -0.05) is 6.42 Å². The highest BCUT2D eigenvalue weighted by Crippen LogP contribution is 2.28. The van der Waals surface area contributed by atoms with Crippen LogP contribution >= 0.6 is 0 Å². The van der Waals surface area contributed by atoms with Crippen molar-refractivity contribution in [3.8, 4) is 0 Å². The monoisotopic (exact) mass is 296 g/mol. The van der Waals surface area contributed by atoms with E-state index < -0.39 is 10.0 Å². The first-order chi connectivity index (χ1) is 9.58. The summed E-state index contributed by atoms with van der Waals surface area (Å²) >= 11 is 0. The van der Waals surface area contributed by atoms with Crippen molar-refractivity contribution in [1.29, 1.82) is 0 Å². The van der Waals surface area contributed by atoms with Gasteiger partial charge in [-0.3, -0.25) is 9.88 Å². The Hall–Kier alpha value is -1.18. The van der Waals surface area contributed by atoms with E-state index in [9.17, 15) is 8.42 Å². The number of piperidine rings is 1. The molecule has 2 atom stereocenters. The summed E-state index contributed by atoms with van der Waals surface area (Å²) in [5, 5.41) is 0. The van der Waals surface area contributed by atoms with Crippen molar-refractivity contribution in [3.05, 3.63) is 18.5 Å². The van der Waals surface area contributed by atoms with Gasteiger partial charge in [0.1, 0.15) is 4.90 Å². The average molecular weight is 296 g/mol. The summed E-state index contributed by atoms with van der Waals surface area (Å²) in [4.78, 5) is 6.33. The molecular weight excluding hydrogens is 276 g/mol. The highest BCUT2D eigenvalue weighted by Gasteiger charge is 2.38. The lowest BCUT2D eigenvalue weighted by atomic mass is 10.00. The number of nitrogens with one attached hydrogen (secondary N) is 1. The van der Waals surface area contributed by atoms with Crippen LogP contribution in [0.3, 0.4) is 0 Å². The number of hydrogen-bond donors (Lipinski definition) is 2. The van der Waals surface area contributed by atoms with Gasteiger partial charge in [-0.2, -0.15) is 0 Å². The summed E-state index contributed by atoms with van der Waals surface area (Å²) in [5.74, 6) is 0. The summed E-state index contributed by atoms with van der Waals surface area (Å²) < 4.78 is 27.7. The predicted octanol–water partition coefficient (Wildman–Crippen LogP) is 0.569. The van der Waals surface area contributed by atoms with Crippen LogP contribution in [0.15, 0.2) is 23.4 Å². The molecule has 0 amide bonds. The number of rotatable bonds is 3. The molecule has 2 unspecified atom stereocenters. The molecule has 2 aliphatic heterocycles. The van der Waals surface area contributed by atoms with E-state index in [0.29, 0.717) is 6.04 Å². The third-order valence-corrected chi connectivity index (χ3v) is 5.80. The molecule has 3 N–H and O–H groups in total. The van der Waals surface area contributed by atoms with Crippen LogP contribution in [0.5, 0.6) is 0 Å². The Bertz CT molecular complexity index is 590. The van der Waals surface area contributed by atoms with E-state index in [0.717, 1.165) is 25.9 Å². The minimum Gasteiger partial charge on any atom is -0.398 e. The van der Waals surface area contributed by atoms with Crippen molar-refractivity contribution in [3.63, 3.8) is 0 Å². The Morgan fingerprint density at radius 2 is 2.15 bits per heavy atom. The fraction of sp³-hybridized carbons (Fsp3) is 0.615. The fourth-order valence-corrected chi connectivity index (χ4v) is 4.64. The summed E-state index contributed by atoms with van der Waals surface area (Å²) in [5.41, 5.74) is 5.98. The van der Waals surface area contributed by atoms with E-state index in [-0.39, 0.29) is 16.6 Å². The van der Waals surface area contributed by atoms with Crippen LogP contribution in [-0.4, -0.2) is 43.5 Å². The van der Waals surface area contributed by atoms with Gasteiger partial charge in [0, 0.05) is 31.0 Å². The first-order valence-electron chi connectivity index (χ1n) is 7.04. The molecule has 0 spiro atoms. The van der Waals surface area contributed by atoms with Crippen molar-refractivity contribution < 1.29 is 8.42 Å². The first-order valence-corrected chi connectivity index (χ1v) is 8.52. The molecule has 3 heterocycles. The Morgan fingerprint density at radius 3 is 2.95 bits per heavy atom. The van der Waals surface area contributed by atoms with Gasteiger partial charge in [0.05, 0.1) is 5.69 Å². The molecule has 1 aromatic rings. The maximum absolute atomic E-state index is 12.4. The zero-order chi connectivity index (χ0) is 14.2. The average Bonchev–Trinajstić information content (AvgIpc) is 2.82. The number of hydrogen-bond acceptors (Lipinski definition) is 5. The van der Waals surface area contributed by atoms with Crippen molar-refractivity contribution in [2.75, 3.05) is 18.8 Å². The molecule has 0 aliphatic carbocycles. The standard InChI is InChI=1S/C13H20N4O2S/c14-10-4-6-15-9-13(10)20(18,19)16-11-5-8-17-7-2-1-3-12(11)17/h4,6,9,11-12,16H,1-3,5,7-8H2,(H2,14,15). The van der Waals surface area contributed by atoms with E-state index in [1.807, 2.05) is 0 Å². The van der Waals surface area contributed by atoms with E-state index in [4.69, 9.17) is 5.73 Å². The molecule has 2 fully saturated rings. The van der Waals surface area contributed by atoms with E-state index in [2.05, 4.69) is 14.6 Å². The SMILES string of the molecule is Nc1ccncc1S(=O)(=O)NC1CCN2CCCCC12. The highest BCUT2D eigenvalue weighted by atomic mass is 32.2. The number of sulfonamides is 1. The molecule has 7 heteroatoms. The number of nitrogens with two attached hydrogens (primary N) is 1. The normalized spacial score (nSPS) is 27.4. The van der Waals surface area contributed by atoms with Crippen LogP contribution in [0.1, 0.15) is 25.7 Å². The Kier molecular flexibility index (Phi) is 3.66. The fourth-order valence-electron chi connectivity index (χ4n) is 3.26. The van der Waals surface area contributed by atoms with Gasteiger partial charge in [-0.05, 0) is 31.9 Å². The molecule has 6 nitrogen and oxygen atoms in total. The zero-order valence-electron chi connectivity index (χ0n) is 11.3. The number of anilines is 1. The van der Waals surface area contributed by atoms with E-state index in [1.54, 1.807) is 0 Å². The van der Waals surface area contributed by atoms with Gasteiger partial charge in [0.25, 0.3) is 0 Å². The van der Waals surface area contributed by atoms with E-state index >= 15 is 0 Å². The van der Waals surface area contributed by atoms with Crippen LogP contribution in [-0.2, 0) is 10.0 Å². The van der Waals surface area contributed by atoms with Gasteiger partial charge in [-0.25, -0.2) is 13.1 Å².